The van der Waals surface area contributed by atoms with E-state index in [4.69, 9.17) is 9.41 Å². The summed E-state index contributed by atoms with van der Waals surface area (Å²) < 4.78 is 5.34. The van der Waals surface area contributed by atoms with Crippen molar-refractivity contribution in [2.45, 2.75) is 31.8 Å². The molecule has 1 saturated heterocycles. The third-order valence-corrected chi connectivity index (χ3v) is 4.27. The van der Waals surface area contributed by atoms with Crippen molar-refractivity contribution in [2.75, 3.05) is 25.0 Å². The van der Waals surface area contributed by atoms with Gasteiger partial charge in [-0.2, -0.15) is 0 Å². The molecule has 0 amide bonds. The minimum atomic E-state index is -1.12. The summed E-state index contributed by atoms with van der Waals surface area (Å²) in [6.45, 7) is 3.95. The van der Waals surface area contributed by atoms with Gasteiger partial charge in [0.15, 0.2) is 5.96 Å². The molecule has 2 heterocycles. The minimum Gasteiger partial charge on any atom is -0.466 e. The molecule has 24 heavy (non-hydrogen) atoms. The summed E-state index contributed by atoms with van der Waals surface area (Å²) in [5.74, 6) is 1.34. The fourth-order valence-corrected chi connectivity index (χ4v) is 2.87. The summed E-state index contributed by atoms with van der Waals surface area (Å²) in [6.07, 6.45) is 5.18. The highest BCUT2D eigenvalue weighted by Crippen LogP contribution is 2.22. The van der Waals surface area contributed by atoms with E-state index in [9.17, 15) is 5.11 Å². The number of furan rings is 1. The molecule has 1 aromatic heterocycles. The van der Waals surface area contributed by atoms with E-state index in [1.807, 2.05) is 30.3 Å². The van der Waals surface area contributed by atoms with E-state index < -0.39 is 5.60 Å². The van der Waals surface area contributed by atoms with Crippen LogP contribution in [0.5, 0.6) is 0 Å². The number of anilines is 1. The highest BCUT2D eigenvalue weighted by molar-refractivity contribution is 5.93. The Labute approximate surface area is 143 Å². The Kier molecular flexibility index (Phi) is 5.20. The lowest BCUT2D eigenvalue weighted by Gasteiger charge is -2.31. The van der Waals surface area contributed by atoms with Gasteiger partial charge >= 0.3 is 0 Å². The van der Waals surface area contributed by atoms with Crippen LogP contribution in [-0.4, -0.2) is 35.6 Å². The number of hydrogen-bond acceptors (Lipinski definition) is 3. The Morgan fingerprint density at radius 1 is 1.17 bits per heavy atom. The minimum absolute atomic E-state index is 0.242. The molecular weight excluding hydrogens is 302 g/mol. The first-order valence-corrected chi connectivity index (χ1v) is 8.53. The zero-order valence-corrected chi connectivity index (χ0v) is 14.1. The molecule has 1 fully saturated rings. The number of guanidine groups is 1. The normalized spacial score (nSPS) is 18.2. The Hall–Kier alpha value is -2.27. The molecule has 0 spiro atoms. The van der Waals surface area contributed by atoms with Crippen molar-refractivity contribution in [1.29, 1.82) is 0 Å². The molecule has 1 aliphatic heterocycles. The third-order valence-electron chi connectivity index (χ3n) is 4.27. The van der Waals surface area contributed by atoms with Gasteiger partial charge in [-0.3, -0.25) is 0 Å². The molecule has 2 aromatic rings. The molecule has 5 heteroatoms. The smallest absolute Gasteiger partial charge is 0.198 e. The van der Waals surface area contributed by atoms with Gasteiger partial charge in [-0.25, -0.2) is 4.99 Å². The standard InChI is InChI=1S/C19H25N3O2/c1-19(23,17-11-8-14-24-17)15-20-18(22-12-6-3-7-13-22)21-16-9-4-2-5-10-16/h2,4-5,8-11,14,23H,3,6-7,12-13,15H2,1H3,(H,20,21). The van der Waals surface area contributed by atoms with Crippen LogP contribution >= 0.6 is 0 Å². The van der Waals surface area contributed by atoms with Crippen molar-refractivity contribution in [3.8, 4) is 0 Å². The van der Waals surface area contributed by atoms with E-state index in [1.165, 1.54) is 19.3 Å². The highest BCUT2D eigenvalue weighted by Gasteiger charge is 2.27. The fourth-order valence-electron chi connectivity index (χ4n) is 2.87. The van der Waals surface area contributed by atoms with Crippen LogP contribution in [0.25, 0.3) is 0 Å². The van der Waals surface area contributed by atoms with E-state index >= 15 is 0 Å². The summed E-state index contributed by atoms with van der Waals surface area (Å²) in [5, 5.41) is 14.0. The maximum absolute atomic E-state index is 10.6. The van der Waals surface area contributed by atoms with E-state index in [2.05, 4.69) is 10.2 Å². The second kappa shape index (κ2) is 7.53. The number of para-hydroxylation sites is 1. The lowest BCUT2D eigenvalue weighted by molar-refractivity contribution is 0.0435. The Morgan fingerprint density at radius 2 is 1.92 bits per heavy atom. The van der Waals surface area contributed by atoms with Crippen molar-refractivity contribution >= 4 is 11.6 Å². The zero-order valence-electron chi connectivity index (χ0n) is 14.1. The van der Waals surface area contributed by atoms with Crippen molar-refractivity contribution in [3.05, 3.63) is 54.5 Å². The molecule has 0 aliphatic carbocycles. The van der Waals surface area contributed by atoms with Crippen molar-refractivity contribution in [1.82, 2.24) is 4.90 Å². The van der Waals surface area contributed by atoms with Gasteiger partial charge in [0, 0.05) is 18.8 Å². The van der Waals surface area contributed by atoms with Crippen molar-refractivity contribution < 1.29 is 9.52 Å². The average molecular weight is 327 g/mol. The first kappa shape index (κ1) is 16.6. The van der Waals surface area contributed by atoms with Crippen LogP contribution in [0.3, 0.4) is 0 Å². The summed E-state index contributed by atoms with van der Waals surface area (Å²) in [4.78, 5) is 6.95. The molecule has 1 aliphatic rings. The van der Waals surface area contributed by atoms with Gasteiger partial charge in [-0.1, -0.05) is 18.2 Å². The molecule has 0 radical (unpaired) electrons. The quantitative estimate of drug-likeness (QED) is 0.667. The Balaban J connectivity index is 1.77. The van der Waals surface area contributed by atoms with Crippen molar-refractivity contribution in [2.24, 2.45) is 4.99 Å². The number of aliphatic hydroxyl groups is 1. The van der Waals surface area contributed by atoms with Crippen molar-refractivity contribution in [3.63, 3.8) is 0 Å². The van der Waals surface area contributed by atoms with E-state index in [1.54, 1.807) is 25.3 Å². The largest absolute Gasteiger partial charge is 0.466 e. The van der Waals surface area contributed by atoms with Gasteiger partial charge < -0.3 is 19.7 Å². The van der Waals surface area contributed by atoms with Gasteiger partial charge in [0.2, 0.25) is 0 Å². The second-order valence-corrected chi connectivity index (χ2v) is 6.43. The van der Waals surface area contributed by atoms with Gasteiger partial charge in [0.25, 0.3) is 0 Å². The molecule has 1 aromatic carbocycles. The zero-order chi connectivity index (χ0) is 16.8. The third kappa shape index (κ3) is 4.17. The molecule has 3 rings (SSSR count). The number of benzene rings is 1. The molecule has 0 bridgehead atoms. The van der Waals surface area contributed by atoms with E-state index in [0.717, 1.165) is 24.7 Å². The second-order valence-electron chi connectivity index (χ2n) is 6.43. The van der Waals surface area contributed by atoms with Gasteiger partial charge in [0.1, 0.15) is 11.4 Å². The average Bonchev–Trinajstić information content (AvgIpc) is 3.16. The molecule has 1 atom stereocenters. The molecule has 128 valence electrons. The van der Waals surface area contributed by atoms with Crippen LogP contribution in [-0.2, 0) is 5.60 Å². The van der Waals surface area contributed by atoms with Crippen LogP contribution in [0, 0.1) is 0 Å². The Morgan fingerprint density at radius 3 is 2.58 bits per heavy atom. The van der Waals surface area contributed by atoms with Gasteiger partial charge in [-0.05, 0) is 50.5 Å². The first-order chi connectivity index (χ1) is 11.6. The predicted molar refractivity (Wildman–Crippen MR) is 96.1 cm³/mol. The van der Waals surface area contributed by atoms with E-state index in [-0.39, 0.29) is 6.54 Å². The van der Waals surface area contributed by atoms with Gasteiger partial charge in [-0.15, -0.1) is 0 Å². The lowest BCUT2D eigenvalue weighted by atomic mass is 10.0. The van der Waals surface area contributed by atoms with Crippen LogP contribution in [0.4, 0.5) is 5.69 Å². The molecule has 5 nitrogen and oxygen atoms in total. The summed E-state index contributed by atoms with van der Waals surface area (Å²) in [7, 11) is 0. The number of nitrogens with zero attached hydrogens (tertiary/aromatic N) is 2. The predicted octanol–water partition coefficient (Wildman–Crippen LogP) is 3.44. The monoisotopic (exact) mass is 327 g/mol. The maximum atomic E-state index is 10.6. The molecule has 0 saturated carbocycles. The molecule has 1 unspecified atom stereocenters. The van der Waals surface area contributed by atoms with Crippen LogP contribution in [0.15, 0.2) is 58.1 Å². The summed E-state index contributed by atoms with van der Waals surface area (Å²) in [6, 6.07) is 13.6. The maximum Gasteiger partial charge on any atom is 0.198 e. The molecular formula is C19H25N3O2. The number of rotatable bonds is 4. The van der Waals surface area contributed by atoms with Crippen LogP contribution in [0.2, 0.25) is 0 Å². The molecule has 2 N–H and O–H groups in total. The fraction of sp³-hybridized carbons (Fsp3) is 0.421. The first-order valence-electron chi connectivity index (χ1n) is 8.53. The Bertz CT molecular complexity index is 645. The van der Waals surface area contributed by atoms with Gasteiger partial charge in [0.05, 0.1) is 12.8 Å². The van der Waals surface area contributed by atoms with E-state index in [0.29, 0.717) is 5.76 Å². The van der Waals surface area contributed by atoms with Crippen LogP contribution in [0.1, 0.15) is 31.9 Å². The summed E-state index contributed by atoms with van der Waals surface area (Å²) >= 11 is 0. The number of likely N-dealkylation sites (tertiary alicyclic amines) is 1. The van der Waals surface area contributed by atoms with Crippen LogP contribution < -0.4 is 5.32 Å². The number of piperidine rings is 1. The number of nitrogens with one attached hydrogen (secondary N) is 1. The summed E-state index contributed by atoms with van der Waals surface area (Å²) in [5.41, 5.74) is -0.123. The SMILES string of the molecule is CC(O)(CN=C(Nc1ccccc1)N1CCCCC1)c1ccco1. The lowest BCUT2D eigenvalue weighted by Crippen LogP contribution is -2.41. The topological polar surface area (TPSA) is 61.0 Å². The number of aliphatic imine (C=N–C) groups is 1. The number of hydrogen-bond donors (Lipinski definition) is 2. The highest BCUT2D eigenvalue weighted by atomic mass is 16.4.